The van der Waals surface area contributed by atoms with Crippen LogP contribution < -0.4 is 9.47 Å². The number of oxime groups is 1. The molecular formula is C52H57N5O13. The van der Waals surface area contributed by atoms with E-state index in [2.05, 4.69) is 12.7 Å². The van der Waals surface area contributed by atoms with Crippen LogP contribution in [0.4, 0.5) is 17.1 Å². The van der Waals surface area contributed by atoms with Crippen molar-refractivity contribution in [2.24, 2.45) is 22.9 Å². The number of hydrogen-bond acceptors (Lipinski definition) is 14. The monoisotopic (exact) mass is 959 g/mol. The zero-order valence-electron chi connectivity index (χ0n) is 38.9. The van der Waals surface area contributed by atoms with E-state index < -0.39 is 38.4 Å². The van der Waals surface area contributed by atoms with Gasteiger partial charge in [0.15, 0.2) is 0 Å². The van der Waals surface area contributed by atoms with Crippen molar-refractivity contribution in [1.29, 1.82) is 0 Å². The number of ether oxygens (including phenoxy) is 3. The van der Waals surface area contributed by atoms with Gasteiger partial charge in [0.25, 0.3) is 17.1 Å². The predicted octanol–water partition coefficient (Wildman–Crippen LogP) is 9.99. The largest absolute Gasteiger partial charge is 0.459 e. The summed E-state index contributed by atoms with van der Waals surface area (Å²) in [5, 5.41) is 59.3. The highest BCUT2D eigenvalue weighted by Gasteiger charge is 2.65. The number of nitro groups is 3. The highest BCUT2D eigenvalue weighted by Crippen LogP contribution is 2.62. The Kier molecular flexibility index (Phi) is 16.9. The van der Waals surface area contributed by atoms with Crippen molar-refractivity contribution in [3.05, 3.63) is 168 Å². The number of hydrogen-bond donors (Lipinski definition) is 2. The third kappa shape index (κ3) is 11.4. The van der Waals surface area contributed by atoms with Crippen molar-refractivity contribution >= 4 is 34.8 Å². The normalized spacial score (nSPS) is 21.7. The minimum atomic E-state index is -1.57. The van der Waals surface area contributed by atoms with E-state index in [1.807, 2.05) is 13.0 Å². The van der Waals surface area contributed by atoms with Crippen LogP contribution in [0.15, 0.2) is 127 Å². The number of carbonyl (C=O) groups is 1. The molecule has 18 nitrogen and oxygen atoms in total. The molecule has 0 aromatic heterocycles. The summed E-state index contributed by atoms with van der Waals surface area (Å²) in [6.45, 7) is 6.22. The van der Waals surface area contributed by atoms with Crippen LogP contribution in [0.5, 0.6) is 17.2 Å². The molecule has 1 saturated carbocycles. The Hall–Kier alpha value is -7.28. The summed E-state index contributed by atoms with van der Waals surface area (Å²) in [7, 11) is 0. The molecule has 1 amide bonds. The van der Waals surface area contributed by atoms with E-state index in [9.17, 15) is 45.4 Å². The molecule has 0 spiro atoms. The standard InChI is InChI=1S/C52H57N5O13/c1-3-26-54(49(60)25-18-35-14-19-38(20-15-35)55(61)62)48-33-46(53-68-34-36-16-21-39(22-17-36)56(63)64)44-30-37(10-5-7-27-58)43(13-6-8-28-59)50-45-32-42(69-41-12-9-11-40(31-41)57(65)66)23-24-47(45)70-52(48,51(44)50)67-29-4-2/h4,9,11-12,14-25,30-32,37,43,48,50-51,58-59H,2-3,5-8,10,13,26-29,33-34H2,1H3. The second-order valence-electron chi connectivity index (χ2n) is 17.5. The first-order valence-corrected chi connectivity index (χ1v) is 23.5. The van der Waals surface area contributed by atoms with Crippen molar-refractivity contribution in [1.82, 2.24) is 4.90 Å². The SMILES string of the molecule is C=CCOC12Oc3ccc(Oc4cccc([N+](=O)[O-])c4)cc3C3C(CCCCO)C(CCCCO)C=C(C(=NOCc4ccc([N+](=O)[O-])cc4)CC1N(CCC)C(=O)C=Cc1ccc([N+](=O)[O-])cc1)C32. The number of nitro benzene ring substituents is 3. The average Bonchev–Trinajstić information content (AvgIpc) is 3.36. The smallest absolute Gasteiger partial charge is 0.273 e. The van der Waals surface area contributed by atoms with E-state index in [-0.39, 0.29) is 79.9 Å². The van der Waals surface area contributed by atoms with Gasteiger partial charge in [0.1, 0.15) is 29.9 Å². The van der Waals surface area contributed by atoms with Crippen LogP contribution in [-0.4, -0.2) is 79.7 Å². The van der Waals surface area contributed by atoms with Gasteiger partial charge < -0.3 is 34.2 Å². The van der Waals surface area contributed by atoms with Crippen LogP contribution in [-0.2, 0) is 21.0 Å². The molecule has 368 valence electrons. The number of amides is 1. The molecule has 1 aliphatic heterocycles. The number of nitrogens with zero attached hydrogens (tertiary/aromatic N) is 5. The first-order chi connectivity index (χ1) is 33.9. The van der Waals surface area contributed by atoms with Gasteiger partial charge >= 0.3 is 0 Å². The molecule has 0 bridgehead atoms. The zero-order valence-corrected chi connectivity index (χ0v) is 38.9. The second-order valence-corrected chi connectivity index (χ2v) is 17.5. The molecule has 18 heteroatoms. The van der Waals surface area contributed by atoms with Crippen molar-refractivity contribution < 1.29 is 48.8 Å². The molecule has 0 saturated heterocycles. The van der Waals surface area contributed by atoms with Gasteiger partial charge in [-0.2, -0.15) is 0 Å². The number of allylic oxidation sites excluding steroid dienone is 1. The molecule has 1 fully saturated rings. The fourth-order valence-electron chi connectivity index (χ4n) is 10.0. The van der Waals surface area contributed by atoms with E-state index in [1.54, 1.807) is 65.6 Å². The van der Waals surface area contributed by atoms with Gasteiger partial charge in [0, 0.05) is 74.1 Å². The van der Waals surface area contributed by atoms with Crippen LogP contribution >= 0.6 is 0 Å². The minimum absolute atomic E-state index is 0.00315. The Labute approximate surface area is 405 Å². The van der Waals surface area contributed by atoms with Crippen molar-refractivity contribution in [3.63, 3.8) is 0 Å². The second kappa shape index (κ2) is 23.3. The van der Waals surface area contributed by atoms with Gasteiger partial charge in [-0.3, -0.25) is 35.1 Å². The van der Waals surface area contributed by atoms with Gasteiger partial charge in [0.2, 0.25) is 11.7 Å². The summed E-state index contributed by atoms with van der Waals surface area (Å²) in [5.41, 5.74) is 3.00. The lowest BCUT2D eigenvalue weighted by molar-refractivity contribution is -0.385. The quantitative estimate of drug-likeness (QED) is 0.0219. The predicted molar refractivity (Wildman–Crippen MR) is 260 cm³/mol. The Bertz CT molecular complexity index is 2620. The summed E-state index contributed by atoms with van der Waals surface area (Å²) in [6, 6.07) is 22.3. The Morgan fingerprint density at radius 3 is 2.20 bits per heavy atom. The summed E-state index contributed by atoms with van der Waals surface area (Å²) in [6.07, 6.45) is 11.4. The lowest BCUT2D eigenvalue weighted by atomic mass is 9.55. The lowest BCUT2D eigenvalue weighted by Gasteiger charge is -2.60. The molecule has 7 rings (SSSR count). The number of aliphatic hydroxyl groups is 2. The first kappa shape index (κ1) is 50.6. The minimum Gasteiger partial charge on any atom is -0.459 e. The molecule has 1 heterocycles. The van der Waals surface area contributed by atoms with Gasteiger partial charge in [-0.15, -0.1) is 6.58 Å². The summed E-state index contributed by atoms with van der Waals surface area (Å²) in [4.78, 5) is 55.7. The number of aliphatic hydroxyl groups excluding tert-OH is 2. The fourth-order valence-corrected chi connectivity index (χ4v) is 10.0. The van der Waals surface area contributed by atoms with Crippen molar-refractivity contribution in [3.8, 4) is 17.2 Å². The van der Waals surface area contributed by atoms with Crippen LogP contribution in [0.2, 0.25) is 0 Å². The molecule has 6 atom stereocenters. The Morgan fingerprint density at radius 2 is 1.54 bits per heavy atom. The van der Waals surface area contributed by atoms with Gasteiger partial charge in [-0.25, -0.2) is 0 Å². The molecule has 0 radical (unpaired) electrons. The lowest BCUT2D eigenvalue weighted by Crippen LogP contribution is -2.70. The van der Waals surface area contributed by atoms with Crippen molar-refractivity contribution in [2.75, 3.05) is 26.4 Å². The highest BCUT2D eigenvalue weighted by molar-refractivity contribution is 6.03. The summed E-state index contributed by atoms with van der Waals surface area (Å²) in [5.74, 6) is -2.08. The highest BCUT2D eigenvalue weighted by atomic mass is 16.7. The average molecular weight is 960 g/mol. The Morgan fingerprint density at radius 1 is 0.871 bits per heavy atom. The van der Waals surface area contributed by atoms with E-state index in [4.69, 9.17) is 24.2 Å². The maximum absolute atomic E-state index is 14.8. The number of carbonyl (C=O) groups excluding carboxylic acids is 1. The van der Waals surface area contributed by atoms with Crippen molar-refractivity contribution in [2.45, 2.75) is 82.6 Å². The molecule has 4 aromatic rings. The topological polar surface area (TPSA) is 239 Å². The first-order valence-electron chi connectivity index (χ1n) is 23.5. The zero-order chi connectivity index (χ0) is 49.8. The third-order valence-electron chi connectivity index (χ3n) is 13.1. The number of rotatable bonds is 24. The molecule has 4 aromatic carbocycles. The van der Waals surface area contributed by atoms with E-state index in [0.29, 0.717) is 73.3 Å². The van der Waals surface area contributed by atoms with E-state index in [0.717, 1.165) is 11.1 Å². The van der Waals surface area contributed by atoms with Crippen LogP contribution in [0, 0.1) is 48.1 Å². The summed E-state index contributed by atoms with van der Waals surface area (Å²) >= 11 is 0. The van der Waals surface area contributed by atoms with Crippen LogP contribution in [0.3, 0.4) is 0 Å². The van der Waals surface area contributed by atoms with E-state index in [1.165, 1.54) is 42.5 Å². The summed E-state index contributed by atoms with van der Waals surface area (Å²) < 4.78 is 20.7. The molecule has 2 aliphatic carbocycles. The molecule has 6 unspecified atom stereocenters. The number of unbranched alkanes of at least 4 members (excludes halogenated alkanes) is 2. The van der Waals surface area contributed by atoms with E-state index >= 15 is 0 Å². The number of non-ortho nitro benzene ring substituents is 3. The van der Waals surface area contributed by atoms with Crippen LogP contribution in [0.1, 0.15) is 80.9 Å². The van der Waals surface area contributed by atoms with Gasteiger partial charge in [0.05, 0.1) is 39.1 Å². The van der Waals surface area contributed by atoms with Gasteiger partial charge in [-0.1, -0.05) is 43.1 Å². The number of fused-ring (bicyclic) bond motifs is 2. The van der Waals surface area contributed by atoms with Gasteiger partial charge in [-0.05, 0) is 115 Å². The molecule has 3 aliphatic rings. The Balaban J connectivity index is 1.42. The maximum Gasteiger partial charge on any atom is 0.273 e. The third-order valence-corrected chi connectivity index (χ3v) is 13.1. The number of benzene rings is 4. The molecular weight excluding hydrogens is 903 g/mol. The van der Waals surface area contributed by atoms with Crippen LogP contribution in [0.25, 0.3) is 6.08 Å². The molecule has 70 heavy (non-hydrogen) atoms. The molecule has 2 N–H and O–H groups in total. The maximum atomic E-state index is 14.8. The fraction of sp³-hybridized carbons (Fsp3) is 0.385.